The number of hydrogen-bond acceptors (Lipinski definition) is 1. The van der Waals surface area contributed by atoms with Crippen molar-refractivity contribution in [1.29, 1.82) is 0 Å². The van der Waals surface area contributed by atoms with Crippen molar-refractivity contribution < 1.29 is 0 Å². The molecule has 0 spiro atoms. The van der Waals surface area contributed by atoms with E-state index in [0.29, 0.717) is 0 Å². The summed E-state index contributed by atoms with van der Waals surface area (Å²) in [7, 11) is 0. The summed E-state index contributed by atoms with van der Waals surface area (Å²) in [6.45, 7) is 2.20. The molecular weight excluding hydrogens is 304 g/mol. The zero-order valence-electron chi connectivity index (χ0n) is 14.0. The predicted molar refractivity (Wildman–Crippen MR) is 106 cm³/mol. The lowest BCUT2D eigenvalue weighted by Crippen LogP contribution is -1.96. The van der Waals surface area contributed by atoms with Gasteiger partial charge in [0.15, 0.2) is 0 Å². The van der Waals surface area contributed by atoms with Crippen LogP contribution in [-0.2, 0) is 6.42 Å². The molecule has 0 bridgehead atoms. The zero-order valence-corrected chi connectivity index (χ0v) is 14.0. The first kappa shape index (κ1) is 13.2. The standard InChI is InChI=1S/C23H16N2/c1-2-14-13-24-22-18-8-4-6-10-20(18)25-19-9-5-3-7-16(19)17-12-11-15(14)21(22)23(17)25/h3-13H,2H2,1H3. The maximum Gasteiger partial charge on any atom is 0.0822 e. The van der Waals surface area contributed by atoms with Gasteiger partial charge in [0.2, 0.25) is 0 Å². The van der Waals surface area contributed by atoms with Gasteiger partial charge in [-0.2, -0.15) is 0 Å². The second-order valence-corrected chi connectivity index (χ2v) is 6.74. The number of benzene rings is 3. The van der Waals surface area contributed by atoms with E-state index in [9.17, 15) is 0 Å². The van der Waals surface area contributed by atoms with Crippen LogP contribution in [0.3, 0.4) is 0 Å². The van der Waals surface area contributed by atoms with Crippen LogP contribution in [0.2, 0.25) is 0 Å². The molecule has 0 fully saturated rings. The van der Waals surface area contributed by atoms with Crippen molar-refractivity contribution in [3.63, 3.8) is 0 Å². The maximum atomic E-state index is 4.89. The highest BCUT2D eigenvalue weighted by atomic mass is 14.9. The molecule has 0 saturated heterocycles. The average Bonchev–Trinajstić information content (AvgIpc) is 3.02. The van der Waals surface area contributed by atoms with Crippen LogP contribution in [0.5, 0.6) is 0 Å². The molecule has 2 heteroatoms. The number of para-hydroxylation sites is 2. The summed E-state index contributed by atoms with van der Waals surface area (Å²) in [5, 5.41) is 6.47. The van der Waals surface area contributed by atoms with Crippen molar-refractivity contribution in [1.82, 2.24) is 9.38 Å². The molecular formula is C23H16N2. The largest absolute Gasteiger partial charge is 0.308 e. The summed E-state index contributed by atoms with van der Waals surface area (Å²) in [5.74, 6) is 0. The predicted octanol–water partition coefficient (Wildman–Crippen LogP) is 5.95. The molecule has 0 unspecified atom stereocenters. The second-order valence-electron chi connectivity index (χ2n) is 6.74. The molecule has 0 radical (unpaired) electrons. The number of hydrogen-bond donors (Lipinski definition) is 0. The molecule has 0 aliphatic heterocycles. The number of nitrogens with zero attached hydrogens (tertiary/aromatic N) is 2. The van der Waals surface area contributed by atoms with Crippen molar-refractivity contribution in [3.05, 3.63) is 72.4 Å². The van der Waals surface area contributed by atoms with Gasteiger partial charge in [0.05, 0.1) is 22.1 Å². The van der Waals surface area contributed by atoms with E-state index in [1.807, 2.05) is 0 Å². The molecule has 0 atom stereocenters. The summed E-state index contributed by atoms with van der Waals surface area (Å²) in [5.41, 5.74) is 6.23. The van der Waals surface area contributed by atoms with Gasteiger partial charge in [-0.25, -0.2) is 0 Å². The Kier molecular flexibility index (Phi) is 2.37. The maximum absolute atomic E-state index is 4.89. The first-order valence-corrected chi connectivity index (χ1v) is 8.82. The highest BCUT2D eigenvalue weighted by Crippen LogP contribution is 2.41. The van der Waals surface area contributed by atoms with E-state index in [-0.39, 0.29) is 0 Å². The van der Waals surface area contributed by atoms with Gasteiger partial charge >= 0.3 is 0 Å². The van der Waals surface area contributed by atoms with Gasteiger partial charge in [0, 0.05) is 27.7 Å². The molecule has 118 valence electrons. The van der Waals surface area contributed by atoms with Gasteiger partial charge in [-0.1, -0.05) is 55.5 Å². The molecule has 6 aromatic rings. The van der Waals surface area contributed by atoms with Crippen molar-refractivity contribution in [3.8, 4) is 0 Å². The summed E-state index contributed by atoms with van der Waals surface area (Å²) < 4.78 is 2.43. The molecule has 0 saturated carbocycles. The van der Waals surface area contributed by atoms with E-state index < -0.39 is 0 Å². The van der Waals surface area contributed by atoms with E-state index in [4.69, 9.17) is 4.98 Å². The Morgan fingerprint density at radius 1 is 0.760 bits per heavy atom. The van der Waals surface area contributed by atoms with E-state index in [2.05, 4.69) is 78.2 Å². The lowest BCUT2D eigenvalue weighted by atomic mass is 9.98. The minimum Gasteiger partial charge on any atom is -0.308 e. The topological polar surface area (TPSA) is 17.3 Å². The number of rotatable bonds is 1. The molecule has 0 aliphatic carbocycles. The fraction of sp³-hybridized carbons (Fsp3) is 0.0870. The Hall–Kier alpha value is -3.13. The smallest absolute Gasteiger partial charge is 0.0822 e. The van der Waals surface area contributed by atoms with Crippen LogP contribution in [-0.4, -0.2) is 9.38 Å². The van der Waals surface area contributed by atoms with Crippen molar-refractivity contribution in [2.24, 2.45) is 0 Å². The van der Waals surface area contributed by atoms with Gasteiger partial charge in [0.1, 0.15) is 0 Å². The van der Waals surface area contributed by atoms with Crippen LogP contribution in [0.15, 0.2) is 66.9 Å². The minimum absolute atomic E-state index is 0.997. The number of fused-ring (bicyclic) bond motifs is 6. The number of aromatic nitrogens is 2. The van der Waals surface area contributed by atoms with Crippen molar-refractivity contribution >= 4 is 49.0 Å². The van der Waals surface area contributed by atoms with Gasteiger partial charge < -0.3 is 4.40 Å². The highest BCUT2D eigenvalue weighted by Gasteiger charge is 2.19. The van der Waals surface area contributed by atoms with Crippen LogP contribution in [0.4, 0.5) is 0 Å². The van der Waals surface area contributed by atoms with Crippen LogP contribution >= 0.6 is 0 Å². The quantitative estimate of drug-likeness (QED) is 0.270. The van der Waals surface area contributed by atoms with Gasteiger partial charge in [0.25, 0.3) is 0 Å². The summed E-state index contributed by atoms with van der Waals surface area (Å²) in [4.78, 5) is 4.89. The first-order valence-electron chi connectivity index (χ1n) is 8.82. The lowest BCUT2D eigenvalue weighted by molar-refractivity contribution is 1.14. The number of aryl methyl sites for hydroxylation is 1. The van der Waals surface area contributed by atoms with Gasteiger partial charge in [-0.05, 0) is 29.5 Å². The van der Waals surface area contributed by atoms with Crippen LogP contribution in [0, 0.1) is 0 Å². The number of pyridine rings is 2. The molecule has 25 heavy (non-hydrogen) atoms. The van der Waals surface area contributed by atoms with E-state index in [1.165, 1.54) is 49.0 Å². The first-order chi connectivity index (χ1) is 12.4. The highest BCUT2D eigenvalue weighted by molar-refractivity contribution is 6.27. The third kappa shape index (κ3) is 1.48. The fourth-order valence-electron chi connectivity index (χ4n) is 4.45. The molecule has 0 amide bonds. The third-order valence-electron chi connectivity index (χ3n) is 5.55. The third-order valence-corrected chi connectivity index (χ3v) is 5.55. The van der Waals surface area contributed by atoms with Crippen LogP contribution in [0.1, 0.15) is 12.5 Å². The van der Waals surface area contributed by atoms with E-state index in [0.717, 1.165) is 11.9 Å². The van der Waals surface area contributed by atoms with E-state index >= 15 is 0 Å². The van der Waals surface area contributed by atoms with Crippen LogP contribution in [0.25, 0.3) is 49.0 Å². The zero-order chi connectivity index (χ0) is 16.5. The van der Waals surface area contributed by atoms with Crippen LogP contribution < -0.4 is 0 Å². The summed E-state index contributed by atoms with van der Waals surface area (Å²) in [6.07, 6.45) is 3.05. The molecule has 3 aromatic carbocycles. The molecule has 3 heterocycles. The minimum atomic E-state index is 0.997. The van der Waals surface area contributed by atoms with Crippen molar-refractivity contribution in [2.75, 3.05) is 0 Å². The fourth-order valence-corrected chi connectivity index (χ4v) is 4.45. The Bertz CT molecular complexity index is 1420. The Morgan fingerprint density at radius 2 is 1.44 bits per heavy atom. The monoisotopic (exact) mass is 320 g/mol. The molecule has 3 aromatic heterocycles. The summed E-state index contributed by atoms with van der Waals surface area (Å²) in [6, 6.07) is 21.9. The molecule has 0 aliphatic rings. The van der Waals surface area contributed by atoms with Gasteiger partial charge in [-0.15, -0.1) is 0 Å². The Balaban J connectivity index is 2.11. The van der Waals surface area contributed by atoms with E-state index in [1.54, 1.807) is 0 Å². The molecule has 6 rings (SSSR count). The molecule has 2 nitrogen and oxygen atoms in total. The molecule has 0 N–H and O–H groups in total. The average molecular weight is 320 g/mol. The summed E-state index contributed by atoms with van der Waals surface area (Å²) >= 11 is 0. The van der Waals surface area contributed by atoms with Crippen molar-refractivity contribution in [2.45, 2.75) is 13.3 Å². The Morgan fingerprint density at radius 3 is 2.24 bits per heavy atom. The van der Waals surface area contributed by atoms with Gasteiger partial charge in [-0.3, -0.25) is 4.98 Å². The normalized spacial score (nSPS) is 12.4. The SMILES string of the molecule is CCc1cnc2c3ccccc3n3c4ccccc4c4ccc1c2c43. The lowest BCUT2D eigenvalue weighted by Gasteiger charge is -2.13. The second kappa shape index (κ2) is 4.48. The Labute approximate surface area is 144 Å².